The van der Waals surface area contributed by atoms with Gasteiger partial charge >= 0.3 is 0 Å². The molecular formula is C9H9BrFN3S. The van der Waals surface area contributed by atoms with Gasteiger partial charge in [0, 0.05) is 20.2 Å². The Bertz CT molecular complexity index is 572. The molecule has 3 nitrogen and oxygen atoms in total. The Kier molecular flexibility index (Phi) is 2.56. The number of nitrogens with one attached hydrogen (secondary N) is 1. The van der Waals surface area contributed by atoms with E-state index in [1.807, 2.05) is 19.1 Å². The fraction of sp³-hybridized carbons (Fsp3) is 0.222. The lowest BCUT2D eigenvalue weighted by Gasteiger charge is -2.14. The second kappa shape index (κ2) is 3.61. The number of fused-ring (bicyclic) bond motifs is 1. The van der Waals surface area contributed by atoms with Crippen LogP contribution in [0.4, 0.5) is 4.39 Å². The van der Waals surface area contributed by atoms with Crippen molar-refractivity contribution in [3.63, 3.8) is 0 Å². The number of aromatic amines is 1. The van der Waals surface area contributed by atoms with Gasteiger partial charge in [-0.25, -0.2) is 9.07 Å². The van der Waals surface area contributed by atoms with Gasteiger partial charge < -0.3 is 9.99 Å². The number of hydrogen-bond acceptors (Lipinski definition) is 2. The normalized spacial score (nSPS) is 10.9. The van der Waals surface area contributed by atoms with Crippen LogP contribution in [-0.2, 0) is 0 Å². The third-order valence-electron chi connectivity index (χ3n) is 2.10. The maximum atomic E-state index is 13.3. The third kappa shape index (κ3) is 1.68. The highest BCUT2D eigenvalue weighted by Crippen LogP contribution is 2.22. The average molecular weight is 290 g/mol. The molecule has 0 fully saturated rings. The topological polar surface area (TPSA) is 24.0 Å². The maximum absolute atomic E-state index is 13.3. The van der Waals surface area contributed by atoms with E-state index in [0.717, 1.165) is 5.52 Å². The van der Waals surface area contributed by atoms with E-state index in [1.165, 1.54) is 6.07 Å². The van der Waals surface area contributed by atoms with Crippen molar-refractivity contribution in [1.29, 1.82) is 0 Å². The van der Waals surface area contributed by atoms with Gasteiger partial charge in [-0.15, -0.1) is 0 Å². The number of halogens is 2. The summed E-state index contributed by atoms with van der Waals surface area (Å²) < 4.78 is 16.0. The molecule has 1 N–H and O–H groups in total. The molecule has 0 saturated carbocycles. The molecule has 0 aliphatic carbocycles. The molecule has 1 heterocycles. The van der Waals surface area contributed by atoms with Crippen molar-refractivity contribution < 1.29 is 4.39 Å². The Morgan fingerprint density at radius 2 is 2.13 bits per heavy atom. The standard InChI is InChI=1S/C9H9BrFN3S/c1-13(2)14-8-3-5(10)6(11)4-7(8)12-9(14)15/h3-4H,1-2H3,(H,12,15). The van der Waals surface area contributed by atoms with Crippen LogP contribution in [0.3, 0.4) is 0 Å². The Hall–Kier alpha value is -0.880. The molecule has 6 heteroatoms. The van der Waals surface area contributed by atoms with E-state index >= 15 is 0 Å². The Morgan fingerprint density at radius 1 is 1.47 bits per heavy atom. The molecule has 0 spiro atoms. The van der Waals surface area contributed by atoms with Gasteiger partial charge in [0.25, 0.3) is 0 Å². The first-order chi connectivity index (χ1) is 7.00. The predicted octanol–water partition coefficient (Wildman–Crippen LogP) is 2.80. The Morgan fingerprint density at radius 3 is 2.73 bits per heavy atom. The molecule has 1 aromatic heterocycles. The van der Waals surface area contributed by atoms with Gasteiger partial charge in [-0.1, -0.05) is 0 Å². The van der Waals surface area contributed by atoms with Crippen LogP contribution in [0.25, 0.3) is 11.0 Å². The first-order valence-electron chi connectivity index (χ1n) is 4.28. The van der Waals surface area contributed by atoms with Gasteiger partial charge in [0.15, 0.2) is 4.77 Å². The monoisotopic (exact) mass is 289 g/mol. The van der Waals surface area contributed by atoms with Crippen molar-refractivity contribution in [2.75, 3.05) is 19.1 Å². The van der Waals surface area contributed by atoms with Crippen molar-refractivity contribution in [1.82, 2.24) is 9.66 Å². The summed E-state index contributed by atoms with van der Waals surface area (Å²) in [5, 5.41) is 1.84. The quantitative estimate of drug-likeness (QED) is 0.817. The third-order valence-corrected chi connectivity index (χ3v) is 2.98. The number of benzene rings is 1. The van der Waals surface area contributed by atoms with E-state index in [4.69, 9.17) is 12.2 Å². The number of nitrogens with zero attached hydrogens (tertiary/aromatic N) is 2. The molecule has 0 atom stereocenters. The van der Waals surface area contributed by atoms with Gasteiger partial charge in [-0.05, 0) is 34.2 Å². The molecule has 2 aromatic rings. The van der Waals surface area contributed by atoms with Crippen LogP contribution in [0.15, 0.2) is 16.6 Å². The molecule has 0 aliphatic heterocycles. The largest absolute Gasteiger partial charge is 0.329 e. The van der Waals surface area contributed by atoms with Crippen molar-refractivity contribution in [2.24, 2.45) is 0 Å². The number of aromatic nitrogens is 2. The SMILES string of the molecule is CN(C)n1c(=S)[nH]c2cc(F)c(Br)cc21. The van der Waals surface area contributed by atoms with Crippen LogP contribution in [0.5, 0.6) is 0 Å². The highest BCUT2D eigenvalue weighted by atomic mass is 79.9. The van der Waals surface area contributed by atoms with E-state index in [9.17, 15) is 4.39 Å². The summed E-state index contributed by atoms with van der Waals surface area (Å²) >= 11 is 8.30. The summed E-state index contributed by atoms with van der Waals surface area (Å²) in [5.74, 6) is -0.301. The molecule has 0 saturated heterocycles. The minimum Gasteiger partial charge on any atom is -0.329 e. The molecule has 80 valence electrons. The fourth-order valence-corrected chi connectivity index (χ4v) is 2.19. The van der Waals surface area contributed by atoms with Gasteiger partial charge in [0.1, 0.15) is 5.82 Å². The molecule has 15 heavy (non-hydrogen) atoms. The van der Waals surface area contributed by atoms with Gasteiger partial charge in [-0.3, -0.25) is 0 Å². The molecule has 0 bridgehead atoms. The van der Waals surface area contributed by atoms with Crippen LogP contribution in [0.1, 0.15) is 0 Å². The van der Waals surface area contributed by atoms with Crippen LogP contribution in [-0.4, -0.2) is 23.8 Å². The highest BCUT2D eigenvalue weighted by molar-refractivity contribution is 9.10. The molecular weight excluding hydrogens is 281 g/mol. The number of hydrogen-bond donors (Lipinski definition) is 1. The molecule has 2 rings (SSSR count). The van der Waals surface area contributed by atoms with Crippen LogP contribution < -0.4 is 5.01 Å². The fourth-order valence-electron chi connectivity index (χ4n) is 1.49. The molecule has 0 unspecified atom stereocenters. The Balaban J connectivity index is 2.88. The summed E-state index contributed by atoms with van der Waals surface area (Å²) in [6.07, 6.45) is 0. The minimum atomic E-state index is -0.301. The zero-order valence-corrected chi connectivity index (χ0v) is 10.6. The number of H-pyrrole nitrogens is 1. The van der Waals surface area contributed by atoms with Crippen molar-refractivity contribution in [3.05, 3.63) is 27.2 Å². The first-order valence-corrected chi connectivity index (χ1v) is 5.48. The lowest BCUT2D eigenvalue weighted by molar-refractivity contribution is 0.622. The summed E-state index contributed by atoms with van der Waals surface area (Å²) in [5.41, 5.74) is 1.53. The molecule has 1 aromatic carbocycles. The summed E-state index contributed by atoms with van der Waals surface area (Å²) in [7, 11) is 3.75. The zero-order valence-electron chi connectivity index (χ0n) is 8.21. The maximum Gasteiger partial charge on any atom is 0.197 e. The molecule has 0 amide bonds. The second-order valence-electron chi connectivity index (χ2n) is 3.37. The minimum absolute atomic E-state index is 0.301. The van der Waals surface area contributed by atoms with Crippen molar-refractivity contribution >= 4 is 39.2 Å². The highest BCUT2D eigenvalue weighted by Gasteiger charge is 2.09. The molecule has 0 radical (unpaired) electrons. The van der Waals surface area contributed by atoms with E-state index in [2.05, 4.69) is 20.9 Å². The van der Waals surface area contributed by atoms with E-state index in [1.54, 1.807) is 10.7 Å². The average Bonchev–Trinajstić information content (AvgIpc) is 2.41. The van der Waals surface area contributed by atoms with Gasteiger partial charge in [0.2, 0.25) is 0 Å². The lowest BCUT2D eigenvalue weighted by Crippen LogP contribution is -2.24. The van der Waals surface area contributed by atoms with Crippen LogP contribution in [0, 0.1) is 10.6 Å². The lowest BCUT2D eigenvalue weighted by atomic mass is 10.3. The van der Waals surface area contributed by atoms with E-state index in [-0.39, 0.29) is 5.82 Å². The van der Waals surface area contributed by atoms with Gasteiger partial charge in [0.05, 0.1) is 15.5 Å². The molecule has 0 aliphatic rings. The zero-order chi connectivity index (χ0) is 11.2. The second-order valence-corrected chi connectivity index (χ2v) is 4.61. The first kappa shape index (κ1) is 10.6. The smallest absolute Gasteiger partial charge is 0.197 e. The van der Waals surface area contributed by atoms with Gasteiger partial charge in [-0.2, -0.15) is 0 Å². The van der Waals surface area contributed by atoms with Crippen molar-refractivity contribution in [2.45, 2.75) is 0 Å². The summed E-state index contributed by atoms with van der Waals surface area (Å²) in [6, 6.07) is 3.13. The van der Waals surface area contributed by atoms with Crippen LogP contribution in [0.2, 0.25) is 0 Å². The van der Waals surface area contributed by atoms with E-state index in [0.29, 0.717) is 14.8 Å². The summed E-state index contributed by atoms with van der Waals surface area (Å²) in [4.78, 5) is 2.95. The predicted molar refractivity (Wildman–Crippen MR) is 64.8 cm³/mol. The van der Waals surface area contributed by atoms with Crippen molar-refractivity contribution in [3.8, 4) is 0 Å². The number of rotatable bonds is 1. The Labute approximate surface area is 99.6 Å². The summed E-state index contributed by atoms with van der Waals surface area (Å²) in [6.45, 7) is 0. The van der Waals surface area contributed by atoms with Crippen LogP contribution >= 0.6 is 28.1 Å². The number of imidazole rings is 1. The van der Waals surface area contributed by atoms with E-state index < -0.39 is 0 Å².